The Morgan fingerprint density at radius 3 is 3.08 bits per heavy atom. The van der Waals surface area contributed by atoms with E-state index in [4.69, 9.17) is 0 Å². The minimum Gasteiger partial charge on any atom is -0.347 e. The van der Waals surface area contributed by atoms with Crippen LogP contribution in [-0.2, 0) is 13.1 Å². The molecule has 3 aromatic heterocycles. The van der Waals surface area contributed by atoms with Crippen LogP contribution < -0.4 is 5.32 Å². The van der Waals surface area contributed by atoms with Crippen molar-refractivity contribution in [2.75, 3.05) is 0 Å². The van der Waals surface area contributed by atoms with E-state index in [0.717, 1.165) is 12.1 Å². The molecule has 8 nitrogen and oxygen atoms in total. The number of amides is 1. The normalized spacial score (nSPS) is 13.8. The molecule has 0 aromatic carbocycles. The van der Waals surface area contributed by atoms with Crippen LogP contribution in [0.3, 0.4) is 0 Å². The van der Waals surface area contributed by atoms with Gasteiger partial charge in [-0.25, -0.2) is 9.67 Å². The smallest absolute Gasteiger partial charge is 0.263 e. The third-order valence-corrected chi connectivity index (χ3v) is 5.18. The molecule has 0 bridgehead atoms. The zero-order valence-electron chi connectivity index (χ0n) is 13.7. The molecule has 25 heavy (non-hydrogen) atoms. The van der Waals surface area contributed by atoms with Crippen molar-refractivity contribution in [1.82, 2.24) is 35.5 Å². The summed E-state index contributed by atoms with van der Waals surface area (Å²) in [6.07, 6.45) is 5.88. The van der Waals surface area contributed by atoms with E-state index in [-0.39, 0.29) is 5.91 Å². The number of nitrogens with zero attached hydrogens (tertiary/aromatic N) is 6. The zero-order valence-corrected chi connectivity index (χ0v) is 14.5. The van der Waals surface area contributed by atoms with Gasteiger partial charge in [-0.1, -0.05) is 6.07 Å². The molecule has 0 atom stereocenters. The molecule has 0 aliphatic heterocycles. The Kier molecular flexibility index (Phi) is 4.22. The second-order valence-electron chi connectivity index (χ2n) is 6.11. The fourth-order valence-corrected chi connectivity index (χ4v) is 3.47. The molecule has 4 rings (SSSR count). The number of nitrogens with one attached hydrogen (secondary N) is 1. The number of aromatic nitrogens is 6. The number of carbonyl (C=O) groups is 1. The summed E-state index contributed by atoms with van der Waals surface area (Å²) in [4.78, 5) is 21.6. The maximum absolute atomic E-state index is 12.5. The van der Waals surface area contributed by atoms with E-state index >= 15 is 0 Å². The molecule has 3 aromatic rings. The standard InChI is InChI=1S/C16H17N7OS/c1-10-13(15(24)18-8-12-3-2-6-17-7-12)25-16(19-10)14-20-21-22-23(14)9-11-4-5-11/h2-3,6-7,11H,4-5,8-9H2,1H3,(H,18,24). The summed E-state index contributed by atoms with van der Waals surface area (Å²) in [7, 11) is 0. The average Bonchev–Trinajstić information content (AvgIpc) is 3.17. The Morgan fingerprint density at radius 1 is 1.44 bits per heavy atom. The van der Waals surface area contributed by atoms with Crippen molar-refractivity contribution < 1.29 is 4.79 Å². The van der Waals surface area contributed by atoms with Gasteiger partial charge in [-0.05, 0) is 47.7 Å². The van der Waals surface area contributed by atoms with Crippen LogP contribution in [0.2, 0.25) is 0 Å². The SMILES string of the molecule is Cc1nc(-c2nnnn2CC2CC2)sc1C(=O)NCc1cccnc1. The molecule has 1 fully saturated rings. The van der Waals surface area contributed by atoms with Gasteiger partial charge in [-0.15, -0.1) is 16.4 Å². The van der Waals surface area contributed by atoms with Crippen LogP contribution in [0.5, 0.6) is 0 Å². The molecular formula is C16H17N7OS. The molecule has 1 amide bonds. The zero-order chi connectivity index (χ0) is 17.2. The minimum absolute atomic E-state index is 0.147. The second kappa shape index (κ2) is 6.67. The highest BCUT2D eigenvalue weighted by Crippen LogP contribution is 2.32. The number of hydrogen-bond donors (Lipinski definition) is 1. The highest BCUT2D eigenvalue weighted by Gasteiger charge is 2.26. The lowest BCUT2D eigenvalue weighted by atomic mass is 10.3. The van der Waals surface area contributed by atoms with Crippen molar-refractivity contribution in [1.29, 1.82) is 0 Å². The van der Waals surface area contributed by atoms with Crippen LogP contribution in [0.25, 0.3) is 10.8 Å². The van der Waals surface area contributed by atoms with Gasteiger partial charge >= 0.3 is 0 Å². The largest absolute Gasteiger partial charge is 0.347 e. The van der Waals surface area contributed by atoms with Crippen molar-refractivity contribution in [3.05, 3.63) is 40.7 Å². The summed E-state index contributed by atoms with van der Waals surface area (Å²) in [6.45, 7) is 3.07. The third-order valence-electron chi connectivity index (χ3n) is 4.03. The highest BCUT2D eigenvalue weighted by molar-refractivity contribution is 7.17. The third kappa shape index (κ3) is 3.55. The number of tetrazole rings is 1. The van der Waals surface area contributed by atoms with Gasteiger partial charge in [-0.2, -0.15) is 0 Å². The number of pyridine rings is 1. The molecule has 3 heterocycles. The molecular weight excluding hydrogens is 338 g/mol. The Bertz CT molecular complexity index is 885. The van der Waals surface area contributed by atoms with Gasteiger partial charge in [0.2, 0.25) is 5.82 Å². The van der Waals surface area contributed by atoms with Gasteiger partial charge in [0.05, 0.1) is 5.69 Å². The Labute approximate surface area is 148 Å². The van der Waals surface area contributed by atoms with Crippen molar-refractivity contribution >= 4 is 17.2 Å². The lowest BCUT2D eigenvalue weighted by Gasteiger charge is -2.03. The van der Waals surface area contributed by atoms with Crippen molar-refractivity contribution in [2.45, 2.75) is 32.9 Å². The summed E-state index contributed by atoms with van der Waals surface area (Å²) < 4.78 is 1.78. The molecule has 1 aliphatic rings. The Morgan fingerprint density at radius 2 is 2.32 bits per heavy atom. The van der Waals surface area contributed by atoms with Gasteiger partial charge in [-0.3, -0.25) is 9.78 Å². The van der Waals surface area contributed by atoms with Crippen LogP contribution in [0, 0.1) is 12.8 Å². The predicted octanol–water partition coefficient (Wildman–Crippen LogP) is 1.84. The van der Waals surface area contributed by atoms with Crippen molar-refractivity contribution in [2.24, 2.45) is 5.92 Å². The fraction of sp³-hybridized carbons (Fsp3) is 0.375. The summed E-state index contributed by atoms with van der Waals surface area (Å²) >= 11 is 1.32. The second-order valence-corrected chi connectivity index (χ2v) is 7.10. The van der Waals surface area contributed by atoms with Crippen LogP contribution in [0.1, 0.15) is 33.8 Å². The number of rotatable bonds is 6. The van der Waals surface area contributed by atoms with Crippen LogP contribution in [0.15, 0.2) is 24.5 Å². The van der Waals surface area contributed by atoms with Gasteiger partial charge in [0, 0.05) is 25.5 Å². The molecule has 0 saturated heterocycles. The van der Waals surface area contributed by atoms with Crippen molar-refractivity contribution in [3.63, 3.8) is 0 Å². The van der Waals surface area contributed by atoms with Gasteiger partial charge in [0.1, 0.15) is 4.88 Å². The molecule has 0 unspecified atom stereocenters. The Balaban J connectivity index is 1.50. The first-order valence-corrected chi connectivity index (χ1v) is 8.93. The molecule has 1 saturated carbocycles. The van der Waals surface area contributed by atoms with E-state index in [1.807, 2.05) is 19.1 Å². The quantitative estimate of drug-likeness (QED) is 0.724. The number of aryl methyl sites for hydroxylation is 1. The molecule has 9 heteroatoms. The number of thiazole rings is 1. The van der Waals surface area contributed by atoms with E-state index in [1.54, 1.807) is 17.1 Å². The van der Waals surface area contributed by atoms with Gasteiger partial charge in [0.15, 0.2) is 5.01 Å². The lowest BCUT2D eigenvalue weighted by Crippen LogP contribution is -2.22. The van der Waals surface area contributed by atoms with Crippen molar-refractivity contribution in [3.8, 4) is 10.8 Å². The Hall–Kier alpha value is -2.68. The summed E-state index contributed by atoms with van der Waals surface area (Å²) in [5.74, 6) is 1.14. The van der Waals surface area contributed by atoms with Crippen LogP contribution in [0.4, 0.5) is 0 Å². The predicted molar refractivity (Wildman–Crippen MR) is 91.8 cm³/mol. The maximum atomic E-state index is 12.5. The molecule has 1 aliphatic carbocycles. The van der Waals surface area contributed by atoms with E-state index in [9.17, 15) is 4.79 Å². The summed E-state index contributed by atoms with van der Waals surface area (Å²) in [5.41, 5.74) is 1.64. The topological polar surface area (TPSA) is 98.5 Å². The van der Waals surface area contributed by atoms with E-state index in [1.165, 1.54) is 24.2 Å². The average molecular weight is 355 g/mol. The van der Waals surface area contributed by atoms with E-state index in [0.29, 0.717) is 33.9 Å². The fourth-order valence-electron chi connectivity index (χ4n) is 2.49. The summed E-state index contributed by atoms with van der Waals surface area (Å²) in [6, 6.07) is 3.77. The first kappa shape index (κ1) is 15.8. The molecule has 0 radical (unpaired) electrons. The monoisotopic (exact) mass is 355 g/mol. The van der Waals surface area contributed by atoms with Gasteiger partial charge < -0.3 is 5.32 Å². The van der Waals surface area contributed by atoms with E-state index in [2.05, 4.69) is 30.8 Å². The molecule has 0 spiro atoms. The first-order chi connectivity index (χ1) is 12.2. The lowest BCUT2D eigenvalue weighted by molar-refractivity contribution is 0.0954. The van der Waals surface area contributed by atoms with Gasteiger partial charge in [0.25, 0.3) is 5.91 Å². The molecule has 128 valence electrons. The maximum Gasteiger partial charge on any atom is 0.263 e. The van der Waals surface area contributed by atoms with E-state index < -0.39 is 0 Å². The minimum atomic E-state index is -0.147. The van der Waals surface area contributed by atoms with Crippen LogP contribution in [-0.4, -0.2) is 36.1 Å². The first-order valence-electron chi connectivity index (χ1n) is 8.12. The summed E-state index contributed by atoms with van der Waals surface area (Å²) in [5, 5.41) is 15.5. The highest BCUT2D eigenvalue weighted by atomic mass is 32.1. The molecule has 1 N–H and O–H groups in total. The number of carbonyl (C=O) groups excluding carboxylic acids is 1. The van der Waals surface area contributed by atoms with Crippen LogP contribution >= 0.6 is 11.3 Å². The number of hydrogen-bond acceptors (Lipinski definition) is 7.